The zero-order chi connectivity index (χ0) is 20.8. The molecule has 0 aliphatic carbocycles. The van der Waals surface area contributed by atoms with Crippen LogP contribution in [0.15, 0.2) is 36.4 Å². The van der Waals surface area contributed by atoms with Crippen molar-refractivity contribution >= 4 is 23.2 Å². The van der Waals surface area contributed by atoms with Crippen molar-refractivity contribution in [3.63, 3.8) is 0 Å². The van der Waals surface area contributed by atoms with Crippen LogP contribution in [-0.4, -0.2) is 51.3 Å². The SMILES string of the molecule is COc1cc(NC(=O)CN2CCCC2Cc2ccccc2Cl)cc(OC)c1OC. The fourth-order valence-corrected chi connectivity index (χ4v) is 4.00. The smallest absolute Gasteiger partial charge is 0.238 e. The Morgan fingerprint density at radius 1 is 1.14 bits per heavy atom. The van der Waals surface area contributed by atoms with Crippen LogP contribution in [0, 0.1) is 0 Å². The average molecular weight is 419 g/mol. The lowest BCUT2D eigenvalue weighted by molar-refractivity contribution is -0.117. The van der Waals surface area contributed by atoms with E-state index in [2.05, 4.69) is 16.3 Å². The molecule has 1 amide bonds. The molecule has 0 saturated carbocycles. The summed E-state index contributed by atoms with van der Waals surface area (Å²) in [7, 11) is 4.64. The van der Waals surface area contributed by atoms with Gasteiger partial charge >= 0.3 is 0 Å². The van der Waals surface area contributed by atoms with Crippen LogP contribution in [0.1, 0.15) is 18.4 Å². The van der Waals surface area contributed by atoms with E-state index in [1.54, 1.807) is 33.5 Å². The Balaban J connectivity index is 1.66. The zero-order valence-electron chi connectivity index (χ0n) is 17.0. The number of amides is 1. The molecule has 29 heavy (non-hydrogen) atoms. The maximum Gasteiger partial charge on any atom is 0.238 e. The van der Waals surface area contributed by atoms with E-state index in [0.717, 1.165) is 36.4 Å². The van der Waals surface area contributed by atoms with E-state index in [9.17, 15) is 4.79 Å². The summed E-state index contributed by atoms with van der Waals surface area (Å²) in [4.78, 5) is 14.9. The average Bonchev–Trinajstić information content (AvgIpc) is 3.15. The number of carbonyl (C=O) groups excluding carboxylic acids is 1. The number of rotatable bonds is 8. The molecule has 2 aromatic carbocycles. The molecule has 1 atom stereocenters. The Labute approximate surface area is 176 Å². The first kappa shape index (κ1) is 21.3. The van der Waals surface area contributed by atoms with E-state index < -0.39 is 0 Å². The molecule has 1 N–H and O–H groups in total. The predicted molar refractivity (Wildman–Crippen MR) is 114 cm³/mol. The first-order chi connectivity index (χ1) is 14.0. The maximum atomic E-state index is 12.7. The molecule has 1 fully saturated rings. The van der Waals surface area contributed by atoms with E-state index >= 15 is 0 Å². The minimum atomic E-state index is -0.0784. The third-order valence-corrected chi connectivity index (χ3v) is 5.58. The lowest BCUT2D eigenvalue weighted by Crippen LogP contribution is -2.37. The molecule has 1 heterocycles. The number of likely N-dealkylation sites (tertiary alicyclic amines) is 1. The van der Waals surface area contributed by atoms with Crippen molar-refractivity contribution in [2.45, 2.75) is 25.3 Å². The van der Waals surface area contributed by atoms with Gasteiger partial charge in [-0.05, 0) is 37.4 Å². The largest absolute Gasteiger partial charge is 0.493 e. The standard InChI is InChI=1S/C22H27ClN2O4/c1-27-19-12-16(13-20(28-2)22(19)29-3)24-21(26)14-25-10-6-8-17(25)11-15-7-4-5-9-18(15)23/h4-5,7,9,12-13,17H,6,8,10-11,14H2,1-3H3,(H,24,26). The third kappa shape index (κ3) is 5.14. The maximum absolute atomic E-state index is 12.7. The van der Waals surface area contributed by atoms with Gasteiger partial charge in [0.1, 0.15) is 0 Å². The van der Waals surface area contributed by atoms with Crippen LogP contribution in [-0.2, 0) is 11.2 Å². The van der Waals surface area contributed by atoms with Crippen molar-refractivity contribution in [2.75, 3.05) is 39.7 Å². The molecule has 0 radical (unpaired) electrons. The first-order valence-corrected chi connectivity index (χ1v) is 10.0. The number of nitrogens with zero attached hydrogens (tertiary/aromatic N) is 1. The molecule has 1 aliphatic heterocycles. The Bertz CT molecular complexity index is 833. The van der Waals surface area contributed by atoms with Crippen molar-refractivity contribution in [1.82, 2.24) is 4.90 Å². The summed E-state index contributed by atoms with van der Waals surface area (Å²) in [5, 5.41) is 3.72. The molecular formula is C22H27ClN2O4. The van der Waals surface area contributed by atoms with Crippen LogP contribution in [0.2, 0.25) is 5.02 Å². The van der Waals surface area contributed by atoms with Crippen LogP contribution in [0.5, 0.6) is 17.2 Å². The highest BCUT2D eigenvalue weighted by Gasteiger charge is 2.27. The van der Waals surface area contributed by atoms with Gasteiger partial charge in [-0.25, -0.2) is 0 Å². The van der Waals surface area contributed by atoms with Crippen molar-refractivity contribution in [1.29, 1.82) is 0 Å². The van der Waals surface area contributed by atoms with E-state index in [0.29, 0.717) is 35.5 Å². The second-order valence-electron chi connectivity index (χ2n) is 7.02. The Hall–Kier alpha value is -2.44. The number of benzene rings is 2. The van der Waals surface area contributed by atoms with Crippen molar-refractivity contribution < 1.29 is 19.0 Å². The predicted octanol–water partition coefficient (Wildman–Crippen LogP) is 4.01. The summed E-state index contributed by atoms with van der Waals surface area (Å²) < 4.78 is 16.0. The number of ether oxygens (including phenoxy) is 3. The first-order valence-electron chi connectivity index (χ1n) is 9.63. The second-order valence-corrected chi connectivity index (χ2v) is 7.43. The molecule has 1 saturated heterocycles. The highest BCUT2D eigenvalue weighted by molar-refractivity contribution is 6.31. The summed E-state index contributed by atoms with van der Waals surface area (Å²) in [6.07, 6.45) is 2.98. The highest BCUT2D eigenvalue weighted by Crippen LogP contribution is 2.40. The number of hydrogen-bond acceptors (Lipinski definition) is 5. The molecular weight excluding hydrogens is 392 g/mol. The lowest BCUT2D eigenvalue weighted by atomic mass is 10.0. The normalized spacial score (nSPS) is 16.5. The highest BCUT2D eigenvalue weighted by atomic mass is 35.5. The van der Waals surface area contributed by atoms with Gasteiger partial charge in [-0.2, -0.15) is 0 Å². The Morgan fingerprint density at radius 2 is 1.83 bits per heavy atom. The van der Waals surface area contributed by atoms with Gasteiger partial charge in [-0.3, -0.25) is 9.69 Å². The fraction of sp³-hybridized carbons (Fsp3) is 0.409. The third-order valence-electron chi connectivity index (χ3n) is 5.21. The van der Waals surface area contributed by atoms with Gasteiger partial charge in [0.2, 0.25) is 11.7 Å². The number of carbonyl (C=O) groups is 1. The van der Waals surface area contributed by atoms with E-state index in [1.807, 2.05) is 18.2 Å². The number of halogens is 1. The van der Waals surface area contributed by atoms with E-state index in [4.69, 9.17) is 25.8 Å². The molecule has 3 rings (SSSR count). The summed E-state index contributed by atoms with van der Waals surface area (Å²) in [6.45, 7) is 1.23. The number of nitrogens with one attached hydrogen (secondary N) is 1. The van der Waals surface area contributed by atoms with Gasteiger partial charge in [0.15, 0.2) is 11.5 Å². The molecule has 1 aliphatic rings. The van der Waals surface area contributed by atoms with Gasteiger partial charge in [-0.1, -0.05) is 29.8 Å². The summed E-state index contributed by atoms with van der Waals surface area (Å²) in [6, 6.07) is 11.7. The molecule has 156 valence electrons. The quantitative estimate of drug-likeness (QED) is 0.701. The zero-order valence-corrected chi connectivity index (χ0v) is 17.8. The van der Waals surface area contributed by atoms with Crippen molar-refractivity contribution in [3.8, 4) is 17.2 Å². The Kier molecular flexibility index (Phi) is 7.23. The number of anilines is 1. The summed E-state index contributed by atoms with van der Waals surface area (Å²) in [5.41, 5.74) is 1.72. The summed E-state index contributed by atoms with van der Waals surface area (Å²) >= 11 is 6.31. The van der Waals surface area contributed by atoms with Crippen LogP contribution < -0.4 is 19.5 Å². The lowest BCUT2D eigenvalue weighted by Gasteiger charge is -2.24. The molecule has 7 heteroatoms. The van der Waals surface area contributed by atoms with Crippen LogP contribution in [0.4, 0.5) is 5.69 Å². The number of methoxy groups -OCH3 is 3. The topological polar surface area (TPSA) is 60.0 Å². The number of hydrogen-bond donors (Lipinski definition) is 1. The van der Waals surface area contributed by atoms with Gasteiger partial charge in [-0.15, -0.1) is 0 Å². The Morgan fingerprint density at radius 3 is 2.45 bits per heavy atom. The molecule has 6 nitrogen and oxygen atoms in total. The minimum Gasteiger partial charge on any atom is -0.493 e. The van der Waals surface area contributed by atoms with Crippen molar-refractivity contribution in [2.24, 2.45) is 0 Å². The van der Waals surface area contributed by atoms with E-state index in [1.165, 1.54) is 0 Å². The van der Waals surface area contributed by atoms with E-state index in [-0.39, 0.29) is 5.91 Å². The molecule has 2 aromatic rings. The van der Waals surface area contributed by atoms with Crippen molar-refractivity contribution in [3.05, 3.63) is 47.0 Å². The van der Waals surface area contributed by atoms with Gasteiger partial charge in [0.25, 0.3) is 0 Å². The molecule has 1 unspecified atom stereocenters. The van der Waals surface area contributed by atoms with Gasteiger partial charge in [0.05, 0.1) is 27.9 Å². The fourth-order valence-electron chi connectivity index (χ4n) is 3.79. The monoisotopic (exact) mass is 418 g/mol. The molecule has 0 spiro atoms. The molecule has 0 aromatic heterocycles. The molecule has 0 bridgehead atoms. The minimum absolute atomic E-state index is 0.0784. The summed E-state index contributed by atoms with van der Waals surface area (Å²) in [5.74, 6) is 1.41. The van der Waals surface area contributed by atoms with Gasteiger partial charge < -0.3 is 19.5 Å². The van der Waals surface area contributed by atoms with Crippen LogP contribution in [0.25, 0.3) is 0 Å². The van der Waals surface area contributed by atoms with Crippen LogP contribution in [0.3, 0.4) is 0 Å². The van der Waals surface area contributed by atoms with Gasteiger partial charge in [0, 0.05) is 28.9 Å². The second kappa shape index (κ2) is 9.85. The van der Waals surface area contributed by atoms with Crippen LogP contribution >= 0.6 is 11.6 Å².